The second-order valence-electron chi connectivity index (χ2n) is 3.79. The van der Waals surface area contributed by atoms with Crippen LogP contribution in [0.5, 0.6) is 0 Å². The van der Waals surface area contributed by atoms with Crippen molar-refractivity contribution >= 4 is 28.7 Å². The third kappa shape index (κ3) is 2.39. The van der Waals surface area contributed by atoms with E-state index in [9.17, 15) is 9.59 Å². The molecule has 1 heterocycles. The fourth-order valence-corrected chi connectivity index (χ4v) is 1.88. The smallest absolute Gasteiger partial charge is 0.417 e. The first-order valence-electron chi connectivity index (χ1n) is 5.16. The normalized spacial score (nSPS) is 12.6. The quantitative estimate of drug-likeness (QED) is 0.805. The van der Waals surface area contributed by atoms with Crippen LogP contribution >= 0.6 is 11.6 Å². The summed E-state index contributed by atoms with van der Waals surface area (Å²) in [5.41, 5.74) is 7.13. The molecule has 6 nitrogen and oxygen atoms in total. The molecule has 3 N–H and O–H groups in total. The standard InChI is InChI=1S/C11H11ClN2O4/c1-17-10(15)7(13)2-5-3-9-8(4-6(5)12)14-11(16)18-9/h3-4,7H,2,13H2,1H3,(H,14,16)/t7-/m1/s1. The van der Waals surface area contributed by atoms with Gasteiger partial charge in [0.25, 0.3) is 0 Å². The highest BCUT2D eigenvalue weighted by Crippen LogP contribution is 2.23. The third-order valence-electron chi connectivity index (χ3n) is 2.53. The molecular formula is C11H11ClN2O4. The minimum atomic E-state index is -0.810. The molecule has 18 heavy (non-hydrogen) atoms. The molecule has 0 spiro atoms. The van der Waals surface area contributed by atoms with E-state index in [1.807, 2.05) is 0 Å². The number of carbonyl (C=O) groups is 1. The van der Waals surface area contributed by atoms with E-state index in [2.05, 4.69) is 9.72 Å². The van der Waals surface area contributed by atoms with Gasteiger partial charge in [0.05, 0.1) is 12.6 Å². The van der Waals surface area contributed by atoms with Gasteiger partial charge in [-0.2, -0.15) is 0 Å². The van der Waals surface area contributed by atoms with Crippen LogP contribution in [0.4, 0.5) is 0 Å². The van der Waals surface area contributed by atoms with E-state index in [4.69, 9.17) is 21.8 Å². The van der Waals surface area contributed by atoms with Crippen LogP contribution in [0.3, 0.4) is 0 Å². The highest BCUT2D eigenvalue weighted by molar-refractivity contribution is 6.32. The molecule has 2 rings (SSSR count). The van der Waals surface area contributed by atoms with Crippen molar-refractivity contribution in [2.75, 3.05) is 7.11 Å². The zero-order chi connectivity index (χ0) is 13.3. The van der Waals surface area contributed by atoms with E-state index in [1.54, 1.807) is 12.1 Å². The summed E-state index contributed by atoms with van der Waals surface area (Å²) in [5.74, 6) is -1.09. The number of nitrogens with one attached hydrogen (secondary N) is 1. The molecular weight excluding hydrogens is 260 g/mol. The summed E-state index contributed by atoms with van der Waals surface area (Å²) in [6.45, 7) is 0. The first-order chi connectivity index (χ1) is 8.51. The van der Waals surface area contributed by atoms with Gasteiger partial charge in [0.15, 0.2) is 5.58 Å². The lowest BCUT2D eigenvalue weighted by Crippen LogP contribution is -2.33. The van der Waals surface area contributed by atoms with Gasteiger partial charge in [0.1, 0.15) is 6.04 Å². The summed E-state index contributed by atoms with van der Waals surface area (Å²) in [4.78, 5) is 24.7. The number of nitrogens with two attached hydrogens (primary N) is 1. The first-order valence-corrected chi connectivity index (χ1v) is 5.53. The average Bonchev–Trinajstić information content (AvgIpc) is 2.67. The Morgan fingerprint density at radius 1 is 1.61 bits per heavy atom. The summed E-state index contributed by atoms with van der Waals surface area (Å²) in [6.07, 6.45) is 0.205. The molecule has 0 saturated heterocycles. The molecule has 0 aliphatic carbocycles. The number of halogens is 1. The van der Waals surface area contributed by atoms with Crippen molar-refractivity contribution in [1.82, 2.24) is 4.98 Å². The summed E-state index contributed by atoms with van der Waals surface area (Å²) in [7, 11) is 1.26. The Hall–Kier alpha value is -1.79. The van der Waals surface area contributed by atoms with Gasteiger partial charge in [-0.15, -0.1) is 0 Å². The molecule has 2 aromatic rings. The van der Waals surface area contributed by atoms with Gasteiger partial charge in [-0.3, -0.25) is 9.78 Å². The number of ether oxygens (including phenoxy) is 1. The minimum absolute atomic E-state index is 0.205. The van der Waals surface area contributed by atoms with Crippen LogP contribution in [0.15, 0.2) is 21.3 Å². The second-order valence-corrected chi connectivity index (χ2v) is 4.20. The van der Waals surface area contributed by atoms with Crippen LogP contribution in [0.25, 0.3) is 11.1 Å². The lowest BCUT2D eigenvalue weighted by Gasteiger charge is -2.10. The monoisotopic (exact) mass is 270 g/mol. The number of methoxy groups -OCH3 is 1. The van der Waals surface area contributed by atoms with Gasteiger partial charge in [0.2, 0.25) is 0 Å². The van der Waals surface area contributed by atoms with Crippen LogP contribution in [0.2, 0.25) is 5.02 Å². The molecule has 7 heteroatoms. The van der Waals surface area contributed by atoms with Gasteiger partial charge in [-0.05, 0) is 24.1 Å². The Morgan fingerprint density at radius 3 is 3.00 bits per heavy atom. The SMILES string of the molecule is COC(=O)[C@H](N)Cc1cc2oc(=O)[nH]c2cc1Cl. The van der Waals surface area contributed by atoms with Gasteiger partial charge >= 0.3 is 11.7 Å². The molecule has 0 amide bonds. The molecule has 1 aromatic heterocycles. The molecule has 0 aliphatic heterocycles. The number of aromatic nitrogens is 1. The Morgan fingerprint density at radius 2 is 2.33 bits per heavy atom. The molecule has 1 atom stereocenters. The molecule has 0 aliphatic rings. The van der Waals surface area contributed by atoms with E-state index in [1.165, 1.54) is 7.11 Å². The van der Waals surface area contributed by atoms with Crippen molar-refractivity contribution in [2.24, 2.45) is 5.73 Å². The van der Waals surface area contributed by atoms with E-state index < -0.39 is 17.8 Å². The molecule has 0 unspecified atom stereocenters. The van der Waals surface area contributed by atoms with Crippen molar-refractivity contribution in [1.29, 1.82) is 0 Å². The molecule has 96 valence electrons. The Balaban J connectivity index is 2.35. The predicted molar refractivity (Wildman–Crippen MR) is 65.5 cm³/mol. The Kier molecular flexibility index (Phi) is 3.40. The third-order valence-corrected chi connectivity index (χ3v) is 2.88. The summed E-state index contributed by atoms with van der Waals surface area (Å²) in [6, 6.07) is 2.33. The number of hydrogen-bond acceptors (Lipinski definition) is 5. The van der Waals surface area contributed by atoms with Crippen molar-refractivity contribution in [2.45, 2.75) is 12.5 Å². The van der Waals surface area contributed by atoms with Crippen molar-refractivity contribution in [3.05, 3.63) is 33.3 Å². The number of aromatic amines is 1. The van der Waals surface area contributed by atoms with Crippen LogP contribution in [-0.4, -0.2) is 24.1 Å². The number of oxazole rings is 1. The zero-order valence-corrected chi connectivity index (χ0v) is 10.3. The summed E-state index contributed by atoms with van der Waals surface area (Å²) < 4.78 is 9.43. The van der Waals surface area contributed by atoms with Crippen molar-refractivity contribution in [3.63, 3.8) is 0 Å². The molecule has 0 radical (unpaired) electrons. The van der Waals surface area contributed by atoms with Crippen LogP contribution in [0.1, 0.15) is 5.56 Å². The lowest BCUT2D eigenvalue weighted by atomic mass is 10.1. The van der Waals surface area contributed by atoms with Gasteiger partial charge in [0, 0.05) is 5.02 Å². The summed E-state index contributed by atoms with van der Waals surface area (Å²) in [5, 5.41) is 0.402. The number of benzene rings is 1. The van der Waals surface area contributed by atoms with Crippen molar-refractivity contribution < 1.29 is 13.9 Å². The van der Waals surface area contributed by atoms with Gasteiger partial charge in [-0.25, -0.2) is 4.79 Å². The van der Waals surface area contributed by atoms with E-state index in [0.717, 1.165) is 0 Å². The van der Waals surface area contributed by atoms with Crippen LogP contribution in [0, 0.1) is 0 Å². The number of hydrogen-bond donors (Lipinski definition) is 2. The maximum Gasteiger partial charge on any atom is 0.417 e. The van der Waals surface area contributed by atoms with Crippen LogP contribution in [-0.2, 0) is 16.0 Å². The summed E-state index contributed by atoms with van der Waals surface area (Å²) >= 11 is 6.03. The topological polar surface area (TPSA) is 98.3 Å². The highest BCUT2D eigenvalue weighted by atomic mass is 35.5. The van der Waals surface area contributed by atoms with Gasteiger partial charge < -0.3 is 14.9 Å². The van der Waals surface area contributed by atoms with Gasteiger partial charge in [-0.1, -0.05) is 11.6 Å². The predicted octanol–water partition coefficient (Wildman–Crippen LogP) is 0.817. The zero-order valence-electron chi connectivity index (χ0n) is 9.53. The Labute approximate surface area is 107 Å². The molecule has 1 aromatic carbocycles. The number of H-pyrrole nitrogens is 1. The maximum atomic E-state index is 11.2. The average molecular weight is 271 g/mol. The van der Waals surface area contributed by atoms with E-state index in [-0.39, 0.29) is 6.42 Å². The van der Waals surface area contributed by atoms with Crippen molar-refractivity contribution in [3.8, 4) is 0 Å². The number of fused-ring (bicyclic) bond motifs is 1. The number of carbonyl (C=O) groups excluding carboxylic acids is 1. The Bertz CT molecular complexity index is 646. The fraction of sp³-hybridized carbons (Fsp3) is 0.273. The molecule has 0 bridgehead atoms. The second kappa shape index (κ2) is 4.83. The minimum Gasteiger partial charge on any atom is -0.468 e. The first kappa shape index (κ1) is 12.7. The largest absolute Gasteiger partial charge is 0.468 e. The molecule has 0 saturated carbocycles. The van der Waals surface area contributed by atoms with E-state index >= 15 is 0 Å². The fourth-order valence-electron chi connectivity index (χ4n) is 1.64. The maximum absolute atomic E-state index is 11.2. The van der Waals surface area contributed by atoms with Crippen LogP contribution < -0.4 is 11.5 Å². The highest BCUT2D eigenvalue weighted by Gasteiger charge is 2.17. The number of esters is 1. The van der Waals surface area contributed by atoms with E-state index in [0.29, 0.717) is 21.7 Å². The lowest BCUT2D eigenvalue weighted by molar-refractivity contribution is -0.142. The number of rotatable bonds is 3. The molecule has 0 fully saturated rings.